The molecule has 92 valence electrons. The van der Waals surface area contributed by atoms with Crippen molar-refractivity contribution in [3.8, 4) is 0 Å². The number of aromatic nitrogens is 3. The van der Waals surface area contributed by atoms with Crippen molar-refractivity contribution in [3.63, 3.8) is 0 Å². The molecule has 1 unspecified atom stereocenters. The van der Waals surface area contributed by atoms with Crippen molar-refractivity contribution in [2.45, 2.75) is 31.1 Å². The summed E-state index contributed by atoms with van der Waals surface area (Å²) in [4.78, 5) is 4.61. The van der Waals surface area contributed by atoms with E-state index in [0.29, 0.717) is 11.8 Å². The van der Waals surface area contributed by atoms with Gasteiger partial charge in [-0.05, 0) is 24.5 Å². The molecule has 0 amide bonds. The van der Waals surface area contributed by atoms with Gasteiger partial charge in [-0.2, -0.15) is 5.10 Å². The van der Waals surface area contributed by atoms with Crippen LogP contribution in [0.3, 0.4) is 0 Å². The third-order valence-corrected chi connectivity index (χ3v) is 3.87. The van der Waals surface area contributed by atoms with Gasteiger partial charge >= 0.3 is 0 Å². The second-order valence-electron chi connectivity index (χ2n) is 5.28. The Hall–Kier alpha value is -1.84. The van der Waals surface area contributed by atoms with Gasteiger partial charge < -0.3 is 5.32 Å². The number of H-pyrrole nitrogens is 1. The molecule has 1 fully saturated rings. The standard InChI is InChI=1S/C14H16N4/c1-2-4-12-11(3-1)10(8-15-12)7-13-16-14(18-17-13)9-5-6-9/h1-4,9-10,15H,5-8H2,(H,16,17,18). The molecule has 2 aromatic rings. The van der Waals surface area contributed by atoms with Gasteiger partial charge in [0.15, 0.2) is 5.82 Å². The summed E-state index contributed by atoms with van der Waals surface area (Å²) in [5.41, 5.74) is 2.67. The predicted octanol–water partition coefficient (Wildman–Crippen LogP) is 2.43. The van der Waals surface area contributed by atoms with Crippen molar-refractivity contribution in [3.05, 3.63) is 41.5 Å². The maximum Gasteiger partial charge on any atom is 0.153 e. The van der Waals surface area contributed by atoms with Crippen molar-refractivity contribution < 1.29 is 0 Å². The molecule has 0 bridgehead atoms. The fraction of sp³-hybridized carbons (Fsp3) is 0.429. The number of rotatable bonds is 3. The Morgan fingerprint density at radius 2 is 2.11 bits per heavy atom. The molecule has 1 saturated carbocycles. The quantitative estimate of drug-likeness (QED) is 0.866. The highest BCUT2D eigenvalue weighted by atomic mass is 15.2. The Labute approximate surface area is 106 Å². The normalized spacial score (nSPS) is 21.7. The van der Waals surface area contributed by atoms with Gasteiger partial charge in [0.1, 0.15) is 5.82 Å². The average molecular weight is 240 g/mol. The molecule has 18 heavy (non-hydrogen) atoms. The summed E-state index contributed by atoms with van der Waals surface area (Å²) in [5, 5.41) is 10.9. The van der Waals surface area contributed by atoms with Crippen LogP contribution in [0.5, 0.6) is 0 Å². The number of hydrogen-bond donors (Lipinski definition) is 2. The van der Waals surface area contributed by atoms with Gasteiger partial charge in [0.25, 0.3) is 0 Å². The summed E-state index contributed by atoms with van der Waals surface area (Å²) in [5.74, 6) is 3.19. The first-order valence-electron chi connectivity index (χ1n) is 6.64. The Morgan fingerprint density at radius 3 is 3.00 bits per heavy atom. The van der Waals surface area contributed by atoms with Gasteiger partial charge in [-0.25, -0.2) is 4.98 Å². The number of anilines is 1. The Balaban J connectivity index is 1.54. The molecular weight excluding hydrogens is 224 g/mol. The first-order chi connectivity index (χ1) is 8.90. The van der Waals surface area contributed by atoms with Gasteiger partial charge in [0, 0.05) is 30.5 Å². The lowest BCUT2D eigenvalue weighted by molar-refractivity contribution is 0.715. The van der Waals surface area contributed by atoms with E-state index in [2.05, 4.69) is 44.8 Å². The van der Waals surface area contributed by atoms with Gasteiger partial charge in [-0.1, -0.05) is 18.2 Å². The number of nitrogens with one attached hydrogen (secondary N) is 2. The van der Waals surface area contributed by atoms with Crippen LogP contribution in [0.15, 0.2) is 24.3 Å². The second-order valence-corrected chi connectivity index (χ2v) is 5.28. The molecule has 1 aliphatic carbocycles. The molecule has 0 spiro atoms. The lowest BCUT2D eigenvalue weighted by Crippen LogP contribution is -2.06. The van der Waals surface area contributed by atoms with Crippen molar-refractivity contribution in [1.82, 2.24) is 15.2 Å². The maximum atomic E-state index is 4.61. The zero-order valence-electron chi connectivity index (χ0n) is 10.2. The SMILES string of the molecule is c1ccc2c(c1)NCC2Cc1nc(C2CC2)n[nH]1. The first kappa shape index (κ1) is 10.1. The van der Waals surface area contributed by atoms with E-state index in [0.717, 1.165) is 24.6 Å². The fourth-order valence-corrected chi connectivity index (χ4v) is 2.70. The van der Waals surface area contributed by atoms with Crippen LogP contribution >= 0.6 is 0 Å². The van der Waals surface area contributed by atoms with E-state index in [-0.39, 0.29) is 0 Å². The van der Waals surface area contributed by atoms with E-state index in [1.165, 1.54) is 24.1 Å². The maximum absolute atomic E-state index is 4.61. The number of nitrogens with zero attached hydrogens (tertiary/aromatic N) is 2. The first-order valence-corrected chi connectivity index (χ1v) is 6.64. The molecular formula is C14H16N4. The number of para-hydroxylation sites is 1. The Kier molecular flexibility index (Phi) is 2.15. The van der Waals surface area contributed by atoms with Crippen LogP contribution in [-0.2, 0) is 6.42 Å². The summed E-state index contributed by atoms with van der Waals surface area (Å²) in [6.45, 7) is 0.999. The molecule has 4 nitrogen and oxygen atoms in total. The number of fused-ring (bicyclic) bond motifs is 1. The van der Waals surface area contributed by atoms with Gasteiger partial charge in [-0.3, -0.25) is 5.10 Å². The van der Waals surface area contributed by atoms with Crippen molar-refractivity contribution >= 4 is 5.69 Å². The molecule has 1 aromatic carbocycles. The minimum absolute atomic E-state index is 0.515. The third-order valence-electron chi connectivity index (χ3n) is 3.87. The van der Waals surface area contributed by atoms with Crippen LogP contribution < -0.4 is 5.32 Å². The Bertz CT molecular complexity index is 571. The van der Waals surface area contributed by atoms with Crippen LogP contribution in [0.2, 0.25) is 0 Å². The van der Waals surface area contributed by atoms with Gasteiger partial charge in [0.05, 0.1) is 0 Å². The highest BCUT2D eigenvalue weighted by Crippen LogP contribution is 2.38. The lowest BCUT2D eigenvalue weighted by atomic mass is 9.98. The summed E-state index contributed by atoms with van der Waals surface area (Å²) in [6, 6.07) is 8.53. The van der Waals surface area contributed by atoms with Crippen LogP contribution in [0, 0.1) is 0 Å². The van der Waals surface area contributed by atoms with E-state index in [9.17, 15) is 0 Å². The average Bonchev–Trinajstić information content (AvgIpc) is 3.02. The molecule has 0 saturated heterocycles. The lowest BCUT2D eigenvalue weighted by Gasteiger charge is -2.06. The minimum atomic E-state index is 0.515. The topological polar surface area (TPSA) is 53.6 Å². The molecule has 1 aliphatic heterocycles. The summed E-state index contributed by atoms with van der Waals surface area (Å²) < 4.78 is 0. The number of aromatic amines is 1. The van der Waals surface area contributed by atoms with E-state index >= 15 is 0 Å². The third kappa shape index (κ3) is 1.68. The summed E-state index contributed by atoms with van der Waals surface area (Å²) in [6.07, 6.45) is 3.46. The monoisotopic (exact) mass is 240 g/mol. The minimum Gasteiger partial charge on any atom is -0.384 e. The number of hydrogen-bond acceptors (Lipinski definition) is 3. The molecule has 2 heterocycles. The van der Waals surface area contributed by atoms with Crippen LogP contribution in [0.1, 0.15) is 41.9 Å². The smallest absolute Gasteiger partial charge is 0.153 e. The molecule has 1 aromatic heterocycles. The van der Waals surface area contributed by atoms with Crippen LogP contribution in [0.25, 0.3) is 0 Å². The van der Waals surface area contributed by atoms with E-state index in [4.69, 9.17) is 0 Å². The van der Waals surface area contributed by atoms with Crippen LogP contribution in [-0.4, -0.2) is 21.7 Å². The van der Waals surface area contributed by atoms with Crippen molar-refractivity contribution in [1.29, 1.82) is 0 Å². The van der Waals surface area contributed by atoms with Crippen molar-refractivity contribution in [2.75, 3.05) is 11.9 Å². The van der Waals surface area contributed by atoms with Crippen molar-refractivity contribution in [2.24, 2.45) is 0 Å². The highest BCUT2D eigenvalue weighted by molar-refractivity contribution is 5.57. The molecule has 4 rings (SSSR count). The Morgan fingerprint density at radius 1 is 1.22 bits per heavy atom. The highest BCUT2D eigenvalue weighted by Gasteiger charge is 2.29. The van der Waals surface area contributed by atoms with Crippen LogP contribution in [0.4, 0.5) is 5.69 Å². The zero-order valence-corrected chi connectivity index (χ0v) is 10.2. The molecule has 4 heteroatoms. The molecule has 1 atom stereocenters. The largest absolute Gasteiger partial charge is 0.384 e. The number of benzene rings is 1. The molecule has 0 radical (unpaired) electrons. The van der Waals surface area contributed by atoms with Gasteiger partial charge in [0.2, 0.25) is 0 Å². The molecule has 2 N–H and O–H groups in total. The molecule has 2 aliphatic rings. The van der Waals surface area contributed by atoms with E-state index in [1.54, 1.807) is 0 Å². The predicted molar refractivity (Wildman–Crippen MR) is 69.7 cm³/mol. The van der Waals surface area contributed by atoms with E-state index in [1.807, 2.05) is 0 Å². The summed E-state index contributed by atoms with van der Waals surface area (Å²) >= 11 is 0. The van der Waals surface area contributed by atoms with E-state index < -0.39 is 0 Å². The van der Waals surface area contributed by atoms with Gasteiger partial charge in [-0.15, -0.1) is 0 Å². The zero-order chi connectivity index (χ0) is 11.9. The second kappa shape index (κ2) is 3.83. The fourth-order valence-electron chi connectivity index (χ4n) is 2.70. The summed E-state index contributed by atoms with van der Waals surface area (Å²) in [7, 11) is 0.